The first-order valence-electron chi connectivity index (χ1n) is 9.71. The number of carbonyl (C=O) groups excluding carboxylic acids is 2. The number of hydrogen-bond donors (Lipinski definition) is 0. The van der Waals surface area contributed by atoms with E-state index in [2.05, 4.69) is 15.9 Å². The van der Waals surface area contributed by atoms with Gasteiger partial charge < -0.3 is 0 Å². The molecule has 2 heterocycles. The zero-order valence-electron chi connectivity index (χ0n) is 16.5. The van der Waals surface area contributed by atoms with Crippen LogP contribution in [0.4, 0.5) is 11.4 Å². The van der Waals surface area contributed by atoms with Crippen LogP contribution in [0, 0.1) is 0 Å². The maximum Gasteiger partial charge on any atom is 0.266 e. The summed E-state index contributed by atoms with van der Waals surface area (Å²) in [5, 5.41) is 0. The fraction of sp³-hybridized carbons (Fsp3) is 0.0417. The first kappa shape index (κ1) is 21.5. The summed E-state index contributed by atoms with van der Waals surface area (Å²) in [6.07, 6.45) is 1.80. The number of para-hydroxylation sites is 2. The molecule has 32 heavy (non-hydrogen) atoms. The fourth-order valence-corrected chi connectivity index (χ4v) is 6.29. The number of benzene rings is 3. The van der Waals surface area contributed by atoms with Crippen molar-refractivity contribution in [3.63, 3.8) is 0 Å². The van der Waals surface area contributed by atoms with Gasteiger partial charge in [-0.3, -0.25) is 19.4 Å². The number of amides is 2. The Morgan fingerprint density at radius 3 is 2.25 bits per heavy atom. The third-order valence-corrected chi connectivity index (χ3v) is 8.00. The number of halogens is 1. The lowest BCUT2D eigenvalue weighted by Gasteiger charge is -2.32. The molecule has 158 valence electrons. The summed E-state index contributed by atoms with van der Waals surface area (Å²) in [6.45, 7) is -0.117. The fourth-order valence-electron chi connectivity index (χ4n) is 3.56. The van der Waals surface area contributed by atoms with Crippen molar-refractivity contribution in [1.29, 1.82) is 0 Å². The van der Waals surface area contributed by atoms with Crippen LogP contribution >= 0.6 is 51.7 Å². The lowest BCUT2D eigenvalue weighted by Crippen LogP contribution is -2.41. The number of thioether (sulfide) groups is 1. The topological polar surface area (TPSA) is 40.6 Å². The maximum atomic E-state index is 13.5. The second-order valence-electron chi connectivity index (χ2n) is 7.09. The molecule has 0 saturated carbocycles. The minimum Gasteiger partial charge on any atom is -0.283 e. The molecule has 0 aliphatic carbocycles. The van der Waals surface area contributed by atoms with Crippen LogP contribution in [0.5, 0.6) is 0 Å². The SMILES string of the molecule is O=C1C(=Cc2cccc(Br)c2)SC(=S)N1CC(=O)N1c2ccccc2Sc2ccccc21. The molecule has 5 rings (SSSR count). The molecule has 2 aliphatic rings. The quantitative estimate of drug-likeness (QED) is 0.282. The van der Waals surface area contributed by atoms with Gasteiger partial charge in [0, 0.05) is 14.3 Å². The zero-order valence-corrected chi connectivity index (χ0v) is 20.6. The highest BCUT2D eigenvalue weighted by molar-refractivity contribution is 9.10. The lowest BCUT2D eigenvalue weighted by molar-refractivity contribution is -0.127. The van der Waals surface area contributed by atoms with E-state index in [4.69, 9.17) is 12.2 Å². The Labute approximate surface area is 207 Å². The Morgan fingerprint density at radius 1 is 0.938 bits per heavy atom. The lowest BCUT2D eigenvalue weighted by atomic mass is 10.2. The molecule has 0 radical (unpaired) electrons. The van der Waals surface area contributed by atoms with Crippen LogP contribution in [0.3, 0.4) is 0 Å². The average molecular weight is 540 g/mol. The van der Waals surface area contributed by atoms with Gasteiger partial charge in [-0.25, -0.2) is 0 Å². The molecule has 0 atom stereocenters. The molecular weight excluding hydrogens is 524 g/mol. The normalized spacial score (nSPS) is 16.3. The van der Waals surface area contributed by atoms with Crippen molar-refractivity contribution in [3.8, 4) is 0 Å². The molecule has 0 spiro atoms. The molecule has 4 nitrogen and oxygen atoms in total. The van der Waals surface area contributed by atoms with Crippen molar-refractivity contribution in [2.75, 3.05) is 11.4 Å². The number of nitrogens with zero attached hydrogens (tertiary/aromatic N) is 2. The molecule has 2 aliphatic heterocycles. The van der Waals surface area contributed by atoms with Gasteiger partial charge in [-0.05, 0) is 48.0 Å². The monoisotopic (exact) mass is 538 g/mol. The van der Waals surface area contributed by atoms with Gasteiger partial charge in [0.05, 0.1) is 16.3 Å². The van der Waals surface area contributed by atoms with E-state index in [1.165, 1.54) is 16.7 Å². The van der Waals surface area contributed by atoms with Gasteiger partial charge >= 0.3 is 0 Å². The summed E-state index contributed by atoms with van der Waals surface area (Å²) in [4.78, 5) is 32.2. The molecule has 3 aromatic rings. The van der Waals surface area contributed by atoms with E-state index in [1.54, 1.807) is 22.7 Å². The first-order chi connectivity index (χ1) is 15.5. The number of anilines is 2. The Hall–Kier alpha value is -2.39. The van der Waals surface area contributed by atoms with E-state index in [-0.39, 0.29) is 18.4 Å². The first-order valence-corrected chi connectivity index (χ1v) is 12.5. The molecule has 1 saturated heterocycles. The molecule has 0 bridgehead atoms. The largest absolute Gasteiger partial charge is 0.283 e. The van der Waals surface area contributed by atoms with E-state index in [0.717, 1.165) is 31.2 Å². The number of hydrogen-bond acceptors (Lipinski definition) is 5. The smallest absolute Gasteiger partial charge is 0.266 e. The molecule has 0 N–H and O–H groups in total. The predicted octanol–water partition coefficient (Wildman–Crippen LogP) is 6.48. The molecular formula is C24H15BrN2O2S3. The van der Waals surface area contributed by atoms with Gasteiger partial charge in [0.15, 0.2) is 0 Å². The molecule has 8 heteroatoms. The summed E-state index contributed by atoms with van der Waals surface area (Å²) in [7, 11) is 0. The number of thiocarbonyl (C=S) groups is 1. The number of fused-ring (bicyclic) bond motifs is 2. The van der Waals surface area contributed by atoms with Crippen molar-refractivity contribution in [3.05, 3.63) is 87.7 Å². The standard InChI is InChI=1S/C24H15BrN2O2S3/c25-16-7-5-6-15(12-16)13-21-23(29)26(24(30)32-21)14-22(28)27-17-8-1-3-10-19(17)31-20-11-4-2-9-18(20)27/h1-13H,14H2. The third-order valence-electron chi connectivity index (χ3n) is 5.00. The van der Waals surface area contributed by atoms with Gasteiger partial charge in [-0.2, -0.15) is 0 Å². The average Bonchev–Trinajstić information content (AvgIpc) is 3.04. The van der Waals surface area contributed by atoms with Crippen LogP contribution in [-0.2, 0) is 9.59 Å². The maximum absolute atomic E-state index is 13.5. The second kappa shape index (κ2) is 8.86. The van der Waals surface area contributed by atoms with E-state index in [1.807, 2.05) is 72.8 Å². The van der Waals surface area contributed by atoms with Gasteiger partial charge in [0.2, 0.25) is 0 Å². The van der Waals surface area contributed by atoms with Crippen molar-refractivity contribution >= 4 is 85.3 Å². The van der Waals surface area contributed by atoms with Gasteiger partial charge in [0.1, 0.15) is 10.9 Å². The second-order valence-corrected chi connectivity index (χ2v) is 10.8. The van der Waals surface area contributed by atoms with E-state index >= 15 is 0 Å². The van der Waals surface area contributed by atoms with E-state index in [9.17, 15) is 9.59 Å². The van der Waals surface area contributed by atoms with Crippen molar-refractivity contribution < 1.29 is 9.59 Å². The number of carbonyl (C=O) groups is 2. The summed E-state index contributed by atoms with van der Waals surface area (Å²) in [6, 6.07) is 23.3. The van der Waals surface area contributed by atoms with Crippen LogP contribution in [0.25, 0.3) is 6.08 Å². The van der Waals surface area contributed by atoms with E-state index < -0.39 is 0 Å². The van der Waals surface area contributed by atoms with Crippen molar-refractivity contribution in [2.45, 2.75) is 9.79 Å². The van der Waals surface area contributed by atoms with Crippen LogP contribution in [-0.4, -0.2) is 27.6 Å². The van der Waals surface area contributed by atoms with Crippen molar-refractivity contribution in [1.82, 2.24) is 4.90 Å². The molecule has 2 amide bonds. The molecule has 1 fully saturated rings. The molecule has 0 aromatic heterocycles. The minimum atomic E-state index is -0.249. The Balaban J connectivity index is 1.43. The summed E-state index contributed by atoms with van der Waals surface area (Å²) in [5.74, 6) is -0.452. The summed E-state index contributed by atoms with van der Waals surface area (Å²) >= 11 is 11.8. The Bertz CT molecular complexity index is 1260. The van der Waals surface area contributed by atoms with Gasteiger partial charge in [0.25, 0.3) is 11.8 Å². The Kier molecular flexibility index (Phi) is 5.94. The van der Waals surface area contributed by atoms with Crippen LogP contribution in [0.1, 0.15) is 5.56 Å². The van der Waals surface area contributed by atoms with Gasteiger partial charge in [-0.1, -0.05) is 88.1 Å². The van der Waals surface area contributed by atoms with Crippen LogP contribution < -0.4 is 4.90 Å². The number of rotatable bonds is 3. The summed E-state index contributed by atoms with van der Waals surface area (Å²) < 4.78 is 1.31. The highest BCUT2D eigenvalue weighted by Gasteiger charge is 2.36. The summed E-state index contributed by atoms with van der Waals surface area (Å²) in [5.41, 5.74) is 2.52. The molecule has 0 unspecified atom stereocenters. The van der Waals surface area contributed by atoms with E-state index in [0.29, 0.717) is 9.23 Å². The van der Waals surface area contributed by atoms with Crippen LogP contribution in [0.15, 0.2) is 92.0 Å². The predicted molar refractivity (Wildman–Crippen MR) is 138 cm³/mol. The minimum absolute atomic E-state index is 0.117. The van der Waals surface area contributed by atoms with Crippen LogP contribution in [0.2, 0.25) is 0 Å². The molecule has 3 aromatic carbocycles. The highest BCUT2D eigenvalue weighted by Crippen LogP contribution is 2.48. The van der Waals surface area contributed by atoms with Crippen molar-refractivity contribution in [2.24, 2.45) is 0 Å². The zero-order chi connectivity index (χ0) is 22.2. The van der Waals surface area contributed by atoms with Gasteiger partial charge in [-0.15, -0.1) is 0 Å². The highest BCUT2D eigenvalue weighted by atomic mass is 79.9. The third kappa shape index (κ3) is 4.03. The Morgan fingerprint density at radius 2 is 1.59 bits per heavy atom.